The van der Waals surface area contributed by atoms with Crippen LogP contribution in [0.5, 0.6) is 11.5 Å². The first-order chi connectivity index (χ1) is 17.0. The molecule has 2 aromatic rings. The summed E-state index contributed by atoms with van der Waals surface area (Å²) in [5.41, 5.74) is 1.79. The zero-order chi connectivity index (χ0) is 24.3. The number of aryl methyl sites for hydroxylation is 2. The molecule has 0 N–H and O–H groups in total. The molecule has 0 atom stereocenters. The number of hydrogen-bond acceptors (Lipinski definition) is 6. The number of carbonyl (C=O) groups is 2. The molecule has 5 aliphatic rings. The Balaban J connectivity index is 1.33. The van der Waals surface area contributed by atoms with Gasteiger partial charge in [-0.3, -0.25) is 14.3 Å². The van der Waals surface area contributed by atoms with Crippen molar-refractivity contribution in [1.82, 2.24) is 24.8 Å². The lowest BCUT2D eigenvalue weighted by Gasteiger charge is -2.47. The average molecular weight is 482 g/mol. The molecule has 7 bridgehead atoms. The zero-order valence-corrected chi connectivity index (χ0v) is 20.6. The highest BCUT2D eigenvalue weighted by molar-refractivity contribution is 5.95. The smallest absolute Gasteiger partial charge is 0.253 e. The van der Waals surface area contributed by atoms with E-state index in [4.69, 9.17) is 9.47 Å². The summed E-state index contributed by atoms with van der Waals surface area (Å²) in [6.07, 6.45) is 8.83. The molecule has 9 nitrogen and oxygen atoms in total. The van der Waals surface area contributed by atoms with Crippen LogP contribution in [0.3, 0.4) is 0 Å². The van der Waals surface area contributed by atoms with Crippen LogP contribution < -0.4 is 9.47 Å². The predicted octanol–water partition coefficient (Wildman–Crippen LogP) is 2.94. The summed E-state index contributed by atoms with van der Waals surface area (Å²) in [6.45, 7) is 4.31. The Morgan fingerprint density at radius 2 is 1.69 bits per heavy atom. The van der Waals surface area contributed by atoms with Crippen LogP contribution in [0, 0.1) is 5.41 Å². The van der Waals surface area contributed by atoms with Crippen molar-refractivity contribution in [2.45, 2.75) is 57.9 Å². The van der Waals surface area contributed by atoms with E-state index in [-0.39, 0.29) is 17.2 Å². The van der Waals surface area contributed by atoms with Gasteiger partial charge in [-0.15, -0.1) is 5.10 Å². The van der Waals surface area contributed by atoms with E-state index in [1.54, 1.807) is 13.2 Å². The maximum Gasteiger partial charge on any atom is 0.253 e. The molecule has 2 fully saturated rings. The molecule has 1 aromatic carbocycles. The summed E-state index contributed by atoms with van der Waals surface area (Å²) in [5.74, 6) is 1.50. The molecular formula is C26H35N5O4. The number of amides is 2. The molecule has 6 heterocycles. The van der Waals surface area contributed by atoms with Gasteiger partial charge in [0.15, 0.2) is 11.5 Å². The summed E-state index contributed by atoms with van der Waals surface area (Å²) >= 11 is 0. The van der Waals surface area contributed by atoms with Crippen LogP contribution in [-0.4, -0.2) is 76.5 Å². The average Bonchev–Trinajstić information content (AvgIpc) is 3.34. The van der Waals surface area contributed by atoms with Gasteiger partial charge >= 0.3 is 0 Å². The van der Waals surface area contributed by atoms with Crippen LogP contribution in [0.1, 0.15) is 61.0 Å². The molecule has 0 unspecified atom stereocenters. The summed E-state index contributed by atoms with van der Waals surface area (Å²) in [5, 5.41) is 8.47. The maximum atomic E-state index is 13.3. The Hall–Kier alpha value is -3.10. The van der Waals surface area contributed by atoms with E-state index in [0.29, 0.717) is 36.6 Å². The fourth-order valence-corrected chi connectivity index (χ4v) is 5.57. The van der Waals surface area contributed by atoms with Gasteiger partial charge in [-0.25, -0.2) is 0 Å². The Morgan fingerprint density at radius 1 is 0.943 bits per heavy atom. The minimum absolute atomic E-state index is 0.0391. The van der Waals surface area contributed by atoms with Crippen molar-refractivity contribution in [2.24, 2.45) is 5.41 Å². The van der Waals surface area contributed by atoms with Crippen molar-refractivity contribution >= 4 is 11.8 Å². The third-order valence-electron chi connectivity index (χ3n) is 7.90. The highest BCUT2D eigenvalue weighted by Crippen LogP contribution is 2.42. The molecule has 0 aliphatic carbocycles. The van der Waals surface area contributed by atoms with Crippen LogP contribution in [-0.2, 0) is 17.8 Å². The molecule has 35 heavy (non-hydrogen) atoms. The molecule has 1 aromatic heterocycles. The lowest BCUT2D eigenvalue weighted by atomic mass is 9.71. The number of rotatable bonds is 1. The zero-order valence-electron chi connectivity index (χ0n) is 20.6. The number of methoxy groups -OCH3 is 1. The van der Waals surface area contributed by atoms with E-state index < -0.39 is 0 Å². The Bertz CT molecular complexity index is 1050. The maximum absolute atomic E-state index is 13.3. The summed E-state index contributed by atoms with van der Waals surface area (Å²) in [4.78, 5) is 30.0. The summed E-state index contributed by atoms with van der Waals surface area (Å²) < 4.78 is 13.3. The lowest BCUT2D eigenvalue weighted by Crippen LogP contribution is -2.49. The quantitative estimate of drug-likeness (QED) is 0.622. The van der Waals surface area contributed by atoms with Crippen molar-refractivity contribution in [3.63, 3.8) is 0 Å². The Kier molecular flexibility index (Phi) is 6.92. The Morgan fingerprint density at radius 3 is 2.43 bits per heavy atom. The van der Waals surface area contributed by atoms with Crippen LogP contribution in [0.4, 0.5) is 0 Å². The van der Waals surface area contributed by atoms with Gasteiger partial charge in [-0.1, -0.05) is 5.21 Å². The third-order valence-corrected chi connectivity index (χ3v) is 7.90. The van der Waals surface area contributed by atoms with E-state index in [1.807, 2.05) is 32.8 Å². The van der Waals surface area contributed by atoms with Crippen LogP contribution in [0.2, 0.25) is 0 Å². The molecule has 5 aliphatic heterocycles. The normalized spacial score (nSPS) is 21.3. The molecule has 0 saturated carbocycles. The van der Waals surface area contributed by atoms with Crippen molar-refractivity contribution in [2.75, 3.05) is 39.9 Å². The second kappa shape index (κ2) is 10.3. The van der Waals surface area contributed by atoms with E-state index in [9.17, 15) is 9.59 Å². The van der Waals surface area contributed by atoms with Gasteiger partial charge in [0, 0.05) is 57.3 Å². The van der Waals surface area contributed by atoms with E-state index >= 15 is 0 Å². The molecule has 188 valence electrons. The Labute approximate surface area is 206 Å². The van der Waals surface area contributed by atoms with Gasteiger partial charge in [-0.05, 0) is 62.1 Å². The van der Waals surface area contributed by atoms with Gasteiger partial charge in [0.05, 0.1) is 19.4 Å². The molecule has 2 saturated heterocycles. The number of benzene rings is 1. The van der Waals surface area contributed by atoms with Crippen LogP contribution >= 0.6 is 0 Å². The SMILES string of the molecule is COc1ccc2cc1OCCCn1cc(nn1)CCCC(=O)N1CCC3(CC1)CCN(CC3)C2=O. The first kappa shape index (κ1) is 23.6. The molecule has 0 radical (unpaired) electrons. The number of hydrogen-bond donors (Lipinski definition) is 0. The highest BCUT2D eigenvalue weighted by atomic mass is 16.5. The molecule has 2 amide bonds. The van der Waals surface area contributed by atoms with Crippen molar-refractivity contribution in [1.29, 1.82) is 0 Å². The molecule has 7 rings (SSSR count). The first-order valence-electron chi connectivity index (χ1n) is 12.8. The van der Waals surface area contributed by atoms with E-state index in [2.05, 4.69) is 10.3 Å². The number of fused-ring (bicyclic) bond motifs is 2. The van der Waals surface area contributed by atoms with Gasteiger partial charge in [0.25, 0.3) is 5.91 Å². The molecule has 1 spiro atoms. The van der Waals surface area contributed by atoms with Crippen molar-refractivity contribution in [3.05, 3.63) is 35.7 Å². The highest BCUT2D eigenvalue weighted by Gasteiger charge is 2.39. The molecule has 9 heteroatoms. The standard InChI is InChI=1S/C26H35N5O4/c1-34-22-7-6-20-18-23(22)35-17-3-12-31-19-21(27-28-31)4-2-5-24(32)29-13-8-26(9-14-29)10-15-30(16-11-26)25(20)33/h6-7,18-19H,2-5,8-17H2,1H3. The number of nitrogens with zero attached hydrogens (tertiary/aromatic N) is 5. The monoisotopic (exact) mass is 481 g/mol. The van der Waals surface area contributed by atoms with Gasteiger partial charge in [0.1, 0.15) is 0 Å². The number of piperidine rings is 2. The third kappa shape index (κ3) is 5.28. The van der Waals surface area contributed by atoms with Gasteiger partial charge in [-0.2, -0.15) is 0 Å². The minimum atomic E-state index is 0.0391. The van der Waals surface area contributed by atoms with Crippen LogP contribution in [0.25, 0.3) is 0 Å². The van der Waals surface area contributed by atoms with E-state index in [0.717, 1.165) is 76.8 Å². The number of ether oxygens (including phenoxy) is 2. The predicted molar refractivity (Wildman–Crippen MR) is 129 cm³/mol. The first-order valence-corrected chi connectivity index (χ1v) is 12.8. The lowest BCUT2D eigenvalue weighted by molar-refractivity contribution is -0.134. The van der Waals surface area contributed by atoms with Crippen LogP contribution in [0.15, 0.2) is 24.4 Å². The summed E-state index contributed by atoms with van der Waals surface area (Å²) in [7, 11) is 1.61. The van der Waals surface area contributed by atoms with Gasteiger partial charge in [0.2, 0.25) is 5.91 Å². The minimum Gasteiger partial charge on any atom is -0.493 e. The number of carbonyl (C=O) groups excluding carboxylic acids is 2. The largest absolute Gasteiger partial charge is 0.493 e. The van der Waals surface area contributed by atoms with E-state index in [1.165, 1.54) is 0 Å². The van der Waals surface area contributed by atoms with Crippen molar-refractivity contribution < 1.29 is 19.1 Å². The number of aromatic nitrogens is 3. The molecular weight excluding hydrogens is 446 g/mol. The second-order valence-electron chi connectivity index (χ2n) is 10.1. The topological polar surface area (TPSA) is 89.8 Å². The van der Waals surface area contributed by atoms with Gasteiger partial charge < -0.3 is 19.3 Å². The summed E-state index contributed by atoms with van der Waals surface area (Å²) in [6, 6.07) is 5.43. The second-order valence-corrected chi connectivity index (χ2v) is 10.1. The fourth-order valence-electron chi connectivity index (χ4n) is 5.57. The fraction of sp³-hybridized carbons (Fsp3) is 0.615. The van der Waals surface area contributed by atoms with Crippen molar-refractivity contribution in [3.8, 4) is 11.5 Å².